The summed E-state index contributed by atoms with van der Waals surface area (Å²) in [6, 6.07) is 10.1. The van der Waals surface area contributed by atoms with Crippen LogP contribution in [0, 0.1) is 0 Å². The Balaban J connectivity index is 1.27. The van der Waals surface area contributed by atoms with E-state index in [4.69, 9.17) is 9.47 Å². The maximum atomic E-state index is 6.10. The molecule has 0 amide bonds. The molecule has 2 aliphatic rings. The summed E-state index contributed by atoms with van der Waals surface area (Å²) < 4.78 is 12.2. The molecule has 4 heterocycles. The van der Waals surface area contributed by atoms with Crippen LogP contribution < -0.4 is 0 Å². The highest BCUT2D eigenvalue weighted by molar-refractivity contribution is 5.09. The molecule has 1 spiro atoms. The van der Waals surface area contributed by atoms with Crippen molar-refractivity contribution in [2.24, 2.45) is 0 Å². The van der Waals surface area contributed by atoms with Crippen LogP contribution >= 0.6 is 0 Å². The second-order valence-corrected chi connectivity index (χ2v) is 6.78. The predicted octanol–water partition coefficient (Wildman–Crippen LogP) is 2.43. The number of hydrogen-bond donors (Lipinski definition) is 0. The highest BCUT2D eigenvalue weighted by Crippen LogP contribution is 2.36. The number of pyridine rings is 2. The van der Waals surface area contributed by atoms with Crippen molar-refractivity contribution in [2.75, 3.05) is 19.7 Å². The monoisotopic (exact) mass is 325 g/mol. The molecule has 0 radical (unpaired) electrons. The molecule has 5 nitrogen and oxygen atoms in total. The standard InChI is InChI=1S/C19H23N3O2/c1-2-8-21-17(5-1)12-22-14-19(15-22)10-18(6-9-24-19)23-13-16-4-3-7-20-11-16/h1-5,7-8,11,18H,6,9-10,12-15H2/t18-/m0/s1. The van der Waals surface area contributed by atoms with Crippen LogP contribution in [0.1, 0.15) is 24.1 Å². The summed E-state index contributed by atoms with van der Waals surface area (Å²) in [6.07, 6.45) is 7.74. The van der Waals surface area contributed by atoms with Crippen LogP contribution in [0.25, 0.3) is 0 Å². The van der Waals surface area contributed by atoms with Gasteiger partial charge in [-0.05, 0) is 30.2 Å². The summed E-state index contributed by atoms with van der Waals surface area (Å²) >= 11 is 0. The molecule has 2 fully saturated rings. The average Bonchev–Trinajstić information content (AvgIpc) is 2.61. The minimum Gasteiger partial charge on any atom is -0.373 e. The normalized spacial score (nSPS) is 23.1. The van der Waals surface area contributed by atoms with E-state index in [1.165, 1.54) is 0 Å². The molecule has 0 aromatic carbocycles. The van der Waals surface area contributed by atoms with Gasteiger partial charge in [-0.25, -0.2) is 0 Å². The summed E-state index contributed by atoms with van der Waals surface area (Å²) in [4.78, 5) is 10.9. The van der Waals surface area contributed by atoms with Crippen molar-refractivity contribution in [2.45, 2.75) is 37.7 Å². The molecule has 1 atom stereocenters. The summed E-state index contributed by atoms with van der Waals surface area (Å²) in [5.41, 5.74) is 2.23. The Hall–Kier alpha value is -1.82. The fourth-order valence-corrected chi connectivity index (χ4v) is 3.64. The Morgan fingerprint density at radius 1 is 1.21 bits per heavy atom. The van der Waals surface area contributed by atoms with Crippen LogP contribution in [0.15, 0.2) is 48.9 Å². The van der Waals surface area contributed by atoms with E-state index >= 15 is 0 Å². The molecule has 2 aromatic rings. The van der Waals surface area contributed by atoms with Crippen LogP contribution in [0.5, 0.6) is 0 Å². The molecule has 2 saturated heterocycles. The predicted molar refractivity (Wildman–Crippen MR) is 90.2 cm³/mol. The molecule has 0 saturated carbocycles. The van der Waals surface area contributed by atoms with E-state index in [9.17, 15) is 0 Å². The number of aromatic nitrogens is 2. The van der Waals surface area contributed by atoms with Gasteiger partial charge in [0.15, 0.2) is 0 Å². The van der Waals surface area contributed by atoms with Crippen molar-refractivity contribution in [3.8, 4) is 0 Å². The summed E-state index contributed by atoms with van der Waals surface area (Å²) in [6.45, 7) is 4.25. The van der Waals surface area contributed by atoms with Crippen molar-refractivity contribution in [3.63, 3.8) is 0 Å². The van der Waals surface area contributed by atoms with Gasteiger partial charge in [-0.1, -0.05) is 12.1 Å². The Labute approximate surface area is 142 Å². The quantitative estimate of drug-likeness (QED) is 0.845. The van der Waals surface area contributed by atoms with E-state index in [1.54, 1.807) is 6.20 Å². The topological polar surface area (TPSA) is 47.5 Å². The van der Waals surface area contributed by atoms with Crippen molar-refractivity contribution in [3.05, 3.63) is 60.2 Å². The van der Waals surface area contributed by atoms with E-state index in [-0.39, 0.29) is 11.7 Å². The fourth-order valence-electron chi connectivity index (χ4n) is 3.64. The first-order valence-corrected chi connectivity index (χ1v) is 8.58. The summed E-state index contributed by atoms with van der Waals surface area (Å²) in [5.74, 6) is 0. The first kappa shape index (κ1) is 15.7. The zero-order valence-corrected chi connectivity index (χ0v) is 13.8. The average molecular weight is 325 g/mol. The molecule has 0 bridgehead atoms. The number of likely N-dealkylation sites (tertiary alicyclic amines) is 1. The van der Waals surface area contributed by atoms with E-state index in [1.807, 2.05) is 30.6 Å². The third kappa shape index (κ3) is 3.64. The lowest BCUT2D eigenvalue weighted by atomic mass is 9.84. The van der Waals surface area contributed by atoms with Gasteiger partial charge in [-0.3, -0.25) is 14.9 Å². The largest absolute Gasteiger partial charge is 0.373 e. The maximum absolute atomic E-state index is 6.10. The zero-order chi connectivity index (χ0) is 16.2. The van der Waals surface area contributed by atoms with E-state index in [2.05, 4.69) is 27.0 Å². The first-order valence-electron chi connectivity index (χ1n) is 8.58. The zero-order valence-electron chi connectivity index (χ0n) is 13.8. The van der Waals surface area contributed by atoms with Gasteiger partial charge in [0.1, 0.15) is 0 Å². The van der Waals surface area contributed by atoms with E-state index in [0.29, 0.717) is 6.61 Å². The Morgan fingerprint density at radius 3 is 2.96 bits per heavy atom. The molecular weight excluding hydrogens is 302 g/mol. The van der Waals surface area contributed by atoms with Gasteiger partial charge in [0.05, 0.1) is 24.0 Å². The molecule has 0 N–H and O–H groups in total. The molecule has 4 rings (SSSR count). The molecule has 0 unspecified atom stereocenters. The van der Waals surface area contributed by atoms with Crippen LogP contribution in [0.2, 0.25) is 0 Å². The third-order valence-corrected chi connectivity index (χ3v) is 4.79. The molecule has 126 valence electrons. The van der Waals surface area contributed by atoms with Crippen LogP contribution in [-0.4, -0.2) is 46.3 Å². The van der Waals surface area contributed by atoms with Gasteiger partial charge >= 0.3 is 0 Å². The molecule has 0 aliphatic carbocycles. The second-order valence-electron chi connectivity index (χ2n) is 6.78. The number of hydrogen-bond acceptors (Lipinski definition) is 5. The van der Waals surface area contributed by atoms with E-state index in [0.717, 1.165) is 50.3 Å². The minimum absolute atomic E-state index is 0.0212. The molecule has 2 aromatic heterocycles. The highest BCUT2D eigenvalue weighted by atomic mass is 16.5. The van der Waals surface area contributed by atoms with Gasteiger partial charge in [0, 0.05) is 51.3 Å². The SMILES string of the molecule is c1ccc(CN2CC3(C[C@@H](OCc4cccnc4)CCO3)C2)nc1. The van der Waals surface area contributed by atoms with Gasteiger partial charge in [0.25, 0.3) is 0 Å². The molecule has 2 aliphatic heterocycles. The smallest absolute Gasteiger partial charge is 0.0959 e. The maximum Gasteiger partial charge on any atom is 0.0959 e. The summed E-state index contributed by atoms with van der Waals surface area (Å²) in [5, 5.41) is 0. The minimum atomic E-state index is -0.0212. The van der Waals surface area contributed by atoms with Crippen molar-refractivity contribution in [1.29, 1.82) is 0 Å². The number of nitrogens with zero attached hydrogens (tertiary/aromatic N) is 3. The third-order valence-electron chi connectivity index (χ3n) is 4.79. The molecule has 24 heavy (non-hydrogen) atoms. The highest BCUT2D eigenvalue weighted by Gasteiger charge is 2.47. The van der Waals surface area contributed by atoms with Gasteiger partial charge in [-0.2, -0.15) is 0 Å². The fraction of sp³-hybridized carbons (Fsp3) is 0.474. The molecule has 5 heteroatoms. The number of ether oxygens (including phenoxy) is 2. The number of rotatable bonds is 5. The van der Waals surface area contributed by atoms with Gasteiger partial charge < -0.3 is 9.47 Å². The van der Waals surface area contributed by atoms with Crippen LogP contribution in [0.3, 0.4) is 0 Å². The van der Waals surface area contributed by atoms with Crippen LogP contribution in [0.4, 0.5) is 0 Å². The van der Waals surface area contributed by atoms with E-state index < -0.39 is 0 Å². The lowest BCUT2D eigenvalue weighted by Gasteiger charge is -2.53. The lowest BCUT2D eigenvalue weighted by molar-refractivity contribution is -0.200. The van der Waals surface area contributed by atoms with Gasteiger partial charge in [0.2, 0.25) is 0 Å². The van der Waals surface area contributed by atoms with Crippen molar-refractivity contribution >= 4 is 0 Å². The van der Waals surface area contributed by atoms with Gasteiger partial charge in [-0.15, -0.1) is 0 Å². The van der Waals surface area contributed by atoms with Crippen molar-refractivity contribution < 1.29 is 9.47 Å². The Morgan fingerprint density at radius 2 is 2.17 bits per heavy atom. The summed E-state index contributed by atoms with van der Waals surface area (Å²) in [7, 11) is 0. The lowest BCUT2D eigenvalue weighted by Crippen LogP contribution is -2.65. The Bertz CT molecular complexity index is 644. The molecular formula is C19H23N3O2. The second kappa shape index (κ2) is 6.97. The van der Waals surface area contributed by atoms with Crippen molar-refractivity contribution in [1.82, 2.24) is 14.9 Å². The van der Waals surface area contributed by atoms with Crippen LogP contribution in [-0.2, 0) is 22.6 Å². The first-order chi connectivity index (χ1) is 11.8. The Kier molecular flexibility index (Phi) is 4.56.